The molecule has 1 heterocycles. The third kappa shape index (κ3) is 1.26. The van der Waals surface area contributed by atoms with Crippen LogP contribution in [0.3, 0.4) is 0 Å². The molecular weight excluding hydrogens is 193 g/mol. The lowest BCUT2D eigenvalue weighted by Gasteiger charge is -2.01. The van der Waals surface area contributed by atoms with E-state index in [2.05, 4.69) is 9.97 Å². The number of benzene rings is 1. The Bertz CT molecular complexity index is 451. The summed E-state index contributed by atoms with van der Waals surface area (Å²) in [7, 11) is 0. The molecule has 0 aliphatic carbocycles. The van der Waals surface area contributed by atoms with Gasteiger partial charge in [0.25, 0.3) is 0 Å². The van der Waals surface area contributed by atoms with E-state index in [4.69, 9.17) is 0 Å². The summed E-state index contributed by atoms with van der Waals surface area (Å²) in [4.78, 5) is 6.15. The number of aromatic nitrogens is 2. The summed E-state index contributed by atoms with van der Waals surface area (Å²) in [6, 6.07) is 1.59. The maximum absolute atomic E-state index is 13.2. The molecule has 0 bridgehead atoms. The van der Waals surface area contributed by atoms with Gasteiger partial charge >= 0.3 is 0 Å². The summed E-state index contributed by atoms with van der Waals surface area (Å²) < 4.78 is 39.0. The molecule has 0 aliphatic rings. The summed E-state index contributed by atoms with van der Waals surface area (Å²) >= 11 is 0. The molecule has 1 N–H and O–H groups in total. The van der Waals surface area contributed by atoms with Crippen LogP contribution >= 0.6 is 0 Å². The number of rotatable bonds is 1. The number of H-pyrrole nitrogens is 1. The molecule has 2 aromatic rings. The maximum Gasteiger partial charge on any atom is 0.172 e. The van der Waals surface area contributed by atoms with Gasteiger partial charge in [-0.1, -0.05) is 0 Å². The highest BCUT2D eigenvalue weighted by atomic mass is 19.2. The number of nitrogens with zero attached hydrogens (tertiary/aromatic N) is 1. The highest BCUT2D eigenvalue weighted by Gasteiger charge is 2.16. The third-order valence-electron chi connectivity index (χ3n) is 1.78. The number of hydrogen-bond donors (Lipinski definition) is 1. The van der Waals surface area contributed by atoms with Crippen molar-refractivity contribution in [1.82, 2.24) is 9.97 Å². The SMILES string of the molecule is Fc1ccc(F)c(-c2ncc[nH]2)c1F. The molecule has 0 saturated heterocycles. The van der Waals surface area contributed by atoms with E-state index in [9.17, 15) is 13.2 Å². The molecule has 5 heteroatoms. The molecule has 1 aromatic carbocycles. The minimum Gasteiger partial charge on any atom is -0.344 e. The van der Waals surface area contributed by atoms with Crippen LogP contribution in [0.4, 0.5) is 13.2 Å². The van der Waals surface area contributed by atoms with Gasteiger partial charge in [-0.2, -0.15) is 0 Å². The zero-order chi connectivity index (χ0) is 10.1. The van der Waals surface area contributed by atoms with Crippen LogP contribution in [0.1, 0.15) is 0 Å². The van der Waals surface area contributed by atoms with Crippen LogP contribution in [0.15, 0.2) is 24.5 Å². The fourth-order valence-corrected chi connectivity index (χ4v) is 1.15. The normalized spacial score (nSPS) is 10.5. The first kappa shape index (κ1) is 8.80. The molecule has 2 rings (SSSR count). The highest BCUT2D eigenvalue weighted by molar-refractivity contribution is 5.56. The van der Waals surface area contributed by atoms with Crippen molar-refractivity contribution in [2.45, 2.75) is 0 Å². The smallest absolute Gasteiger partial charge is 0.172 e. The Morgan fingerprint density at radius 2 is 1.79 bits per heavy atom. The minimum absolute atomic E-state index is 0.0282. The predicted molar refractivity (Wildman–Crippen MR) is 43.9 cm³/mol. The molecular formula is C9H5F3N2. The lowest BCUT2D eigenvalue weighted by molar-refractivity contribution is 0.498. The van der Waals surface area contributed by atoms with Crippen LogP contribution in [-0.2, 0) is 0 Å². The van der Waals surface area contributed by atoms with Crippen LogP contribution in [0.5, 0.6) is 0 Å². The van der Waals surface area contributed by atoms with E-state index in [1.54, 1.807) is 0 Å². The average Bonchev–Trinajstić information content (AvgIpc) is 2.65. The fourth-order valence-electron chi connectivity index (χ4n) is 1.15. The minimum atomic E-state index is -1.24. The van der Waals surface area contributed by atoms with Crippen molar-refractivity contribution in [3.8, 4) is 11.4 Å². The zero-order valence-electron chi connectivity index (χ0n) is 6.89. The summed E-state index contributed by atoms with van der Waals surface area (Å²) in [5.41, 5.74) is -0.477. The van der Waals surface area contributed by atoms with E-state index >= 15 is 0 Å². The topological polar surface area (TPSA) is 28.7 Å². The van der Waals surface area contributed by atoms with Crippen molar-refractivity contribution < 1.29 is 13.2 Å². The predicted octanol–water partition coefficient (Wildman–Crippen LogP) is 2.49. The molecule has 1 aromatic heterocycles. The number of halogens is 3. The molecule has 0 fully saturated rings. The average molecular weight is 198 g/mol. The van der Waals surface area contributed by atoms with Gasteiger partial charge in [0, 0.05) is 12.4 Å². The first-order valence-electron chi connectivity index (χ1n) is 3.83. The van der Waals surface area contributed by atoms with Gasteiger partial charge in [0.1, 0.15) is 11.6 Å². The zero-order valence-corrected chi connectivity index (χ0v) is 6.89. The maximum atomic E-state index is 13.2. The lowest BCUT2D eigenvalue weighted by atomic mass is 10.2. The first-order chi connectivity index (χ1) is 6.70. The van der Waals surface area contributed by atoms with Crippen LogP contribution in [0.25, 0.3) is 11.4 Å². The van der Waals surface area contributed by atoms with Crippen molar-refractivity contribution in [1.29, 1.82) is 0 Å². The second-order valence-electron chi connectivity index (χ2n) is 2.66. The first-order valence-corrected chi connectivity index (χ1v) is 3.83. The van der Waals surface area contributed by atoms with Crippen molar-refractivity contribution in [3.63, 3.8) is 0 Å². The van der Waals surface area contributed by atoms with E-state index in [1.165, 1.54) is 12.4 Å². The lowest BCUT2D eigenvalue weighted by Crippen LogP contribution is -1.95. The molecule has 0 saturated carbocycles. The largest absolute Gasteiger partial charge is 0.344 e. The van der Waals surface area contributed by atoms with Gasteiger partial charge in [-0.05, 0) is 12.1 Å². The highest BCUT2D eigenvalue weighted by Crippen LogP contribution is 2.24. The van der Waals surface area contributed by atoms with E-state index in [1.807, 2.05) is 0 Å². The molecule has 0 atom stereocenters. The molecule has 72 valence electrons. The Morgan fingerprint density at radius 1 is 1.07 bits per heavy atom. The van der Waals surface area contributed by atoms with Crippen molar-refractivity contribution in [2.75, 3.05) is 0 Å². The van der Waals surface area contributed by atoms with E-state index in [0.29, 0.717) is 0 Å². The monoisotopic (exact) mass is 198 g/mol. The summed E-state index contributed by atoms with van der Waals surface area (Å²) in [6.07, 6.45) is 2.73. The van der Waals surface area contributed by atoms with E-state index in [0.717, 1.165) is 12.1 Å². The summed E-state index contributed by atoms with van der Waals surface area (Å²) in [5.74, 6) is -3.21. The van der Waals surface area contributed by atoms with Gasteiger partial charge in [-0.15, -0.1) is 0 Å². The third-order valence-corrected chi connectivity index (χ3v) is 1.78. The molecule has 0 amide bonds. The van der Waals surface area contributed by atoms with Crippen molar-refractivity contribution in [3.05, 3.63) is 42.0 Å². The van der Waals surface area contributed by atoms with Crippen LogP contribution in [0.2, 0.25) is 0 Å². The molecule has 14 heavy (non-hydrogen) atoms. The van der Waals surface area contributed by atoms with Gasteiger partial charge < -0.3 is 4.98 Å². The molecule has 0 aliphatic heterocycles. The summed E-state index contributed by atoms with van der Waals surface area (Å²) in [5, 5.41) is 0. The van der Waals surface area contributed by atoms with E-state index in [-0.39, 0.29) is 5.82 Å². The van der Waals surface area contributed by atoms with E-state index < -0.39 is 23.0 Å². The Hall–Kier alpha value is -1.78. The summed E-state index contributed by atoms with van der Waals surface area (Å²) in [6.45, 7) is 0. The number of nitrogens with one attached hydrogen (secondary N) is 1. The van der Waals surface area contributed by atoms with Gasteiger partial charge in [0.05, 0.1) is 5.56 Å². The Kier molecular flexibility index (Phi) is 1.99. The van der Waals surface area contributed by atoms with Crippen LogP contribution < -0.4 is 0 Å². The molecule has 0 unspecified atom stereocenters. The molecule has 0 radical (unpaired) electrons. The number of hydrogen-bond acceptors (Lipinski definition) is 1. The Morgan fingerprint density at radius 3 is 2.43 bits per heavy atom. The number of aromatic amines is 1. The van der Waals surface area contributed by atoms with Gasteiger partial charge in [0.15, 0.2) is 11.6 Å². The molecule has 0 spiro atoms. The Balaban J connectivity index is 2.69. The quantitative estimate of drug-likeness (QED) is 0.700. The second-order valence-corrected chi connectivity index (χ2v) is 2.66. The number of imidazole rings is 1. The van der Waals surface area contributed by atoms with Gasteiger partial charge in [-0.3, -0.25) is 0 Å². The van der Waals surface area contributed by atoms with Crippen molar-refractivity contribution in [2.24, 2.45) is 0 Å². The van der Waals surface area contributed by atoms with Crippen molar-refractivity contribution >= 4 is 0 Å². The van der Waals surface area contributed by atoms with Crippen LogP contribution in [-0.4, -0.2) is 9.97 Å². The Labute approximate surface area is 77.4 Å². The van der Waals surface area contributed by atoms with Gasteiger partial charge in [0.2, 0.25) is 0 Å². The van der Waals surface area contributed by atoms with Gasteiger partial charge in [-0.25, -0.2) is 18.2 Å². The second kappa shape index (κ2) is 3.17. The molecule has 2 nitrogen and oxygen atoms in total. The standard InChI is InChI=1S/C9H5F3N2/c10-5-1-2-6(11)8(12)7(5)9-13-3-4-14-9/h1-4H,(H,13,14). The van der Waals surface area contributed by atoms with Crippen LogP contribution in [0, 0.1) is 17.5 Å². The fraction of sp³-hybridized carbons (Fsp3) is 0.